The van der Waals surface area contributed by atoms with Crippen molar-refractivity contribution in [2.75, 3.05) is 18.5 Å². The minimum Gasteiger partial charge on any atom is -0.396 e. The lowest BCUT2D eigenvalue weighted by Crippen LogP contribution is -2.24. The summed E-state index contributed by atoms with van der Waals surface area (Å²) in [5, 5.41) is 21.8. The molecule has 0 aromatic carbocycles. The largest absolute Gasteiger partial charge is 0.396 e. The summed E-state index contributed by atoms with van der Waals surface area (Å²) < 4.78 is 1.45. The first-order valence-electron chi connectivity index (χ1n) is 6.46. The van der Waals surface area contributed by atoms with Gasteiger partial charge in [-0.2, -0.15) is 4.98 Å². The minimum absolute atomic E-state index is 0.0176. The molecule has 2 heterocycles. The number of nitrogens with zero attached hydrogens (tertiary/aromatic N) is 3. The van der Waals surface area contributed by atoms with E-state index in [1.165, 1.54) is 10.6 Å². The highest BCUT2D eigenvalue weighted by Gasteiger charge is 2.10. The first-order valence-corrected chi connectivity index (χ1v) is 6.46. The number of fused-ring (bicyclic) bond motifs is 1. The number of nitrogens with one attached hydrogen (secondary N) is 1. The molecule has 0 atom stereocenters. The molecule has 2 aromatic heterocycles. The Morgan fingerprint density at radius 1 is 1.30 bits per heavy atom. The van der Waals surface area contributed by atoms with E-state index >= 15 is 0 Å². The Morgan fingerprint density at radius 2 is 2.00 bits per heavy atom. The standard InChI is InChI=1S/C13H18N4O3/c1-17-11(20)3-2-9-8-14-13(16-12(9)17)15-10(4-6-18)5-7-19/h2-3,8,10,18-19H,4-7H2,1H3,(H,14,15,16). The van der Waals surface area contributed by atoms with Gasteiger partial charge in [0.05, 0.1) is 0 Å². The lowest BCUT2D eigenvalue weighted by molar-refractivity contribution is 0.247. The Labute approximate surface area is 115 Å². The molecule has 7 nitrogen and oxygen atoms in total. The van der Waals surface area contributed by atoms with E-state index in [-0.39, 0.29) is 24.8 Å². The van der Waals surface area contributed by atoms with E-state index in [0.717, 1.165) is 5.39 Å². The van der Waals surface area contributed by atoms with Crippen LogP contribution in [0.2, 0.25) is 0 Å². The third kappa shape index (κ3) is 3.12. The molecule has 0 amide bonds. The summed E-state index contributed by atoms with van der Waals surface area (Å²) in [5.74, 6) is 0.380. The summed E-state index contributed by atoms with van der Waals surface area (Å²) >= 11 is 0. The third-order valence-corrected chi connectivity index (χ3v) is 3.14. The van der Waals surface area contributed by atoms with E-state index in [4.69, 9.17) is 10.2 Å². The molecule has 0 radical (unpaired) electrons. The molecule has 0 fully saturated rings. The monoisotopic (exact) mass is 278 g/mol. The maximum absolute atomic E-state index is 11.6. The number of aliphatic hydroxyl groups excluding tert-OH is 2. The molecule has 2 rings (SSSR count). The number of anilines is 1. The van der Waals surface area contributed by atoms with E-state index in [9.17, 15) is 4.79 Å². The summed E-state index contributed by atoms with van der Waals surface area (Å²) in [6, 6.07) is 3.04. The Hall–Kier alpha value is -1.99. The van der Waals surface area contributed by atoms with Gasteiger partial charge in [0.1, 0.15) is 5.65 Å². The average molecular weight is 278 g/mol. The Kier molecular flexibility index (Phi) is 4.65. The SMILES string of the molecule is Cn1c(=O)ccc2cnc(NC(CCO)CCO)nc21. The normalized spacial score (nSPS) is 11.2. The van der Waals surface area contributed by atoms with Crippen molar-refractivity contribution in [2.24, 2.45) is 7.05 Å². The molecule has 0 spiro atoms. The highest BCUT2D eigenvalue weighted by atomic mass is 16.3. The Morgan fingerprint density at radius 3 is 2.65 bits per heavy atom. The molecule has 0 saturated carbocycles. The predicted octanol–water partition coefficient (Wildman–Crippen LogP) is -0.126. The van der Waals surface area contributed by atoms with Crippen LogP contribution in [0.1, 0.15) is 12.8 Å². The fourth-order valence-corrected chi connectivity index (χ4v) is 2.00. The molecule has 0 aliphatic heterocycles. The van der Waals surface area contributed by atoms with Crippen molar-refractivity contribution in [3.63, 3.8) is 0 Å². The molecule has 0 bridgehead atoms. The zero-order chi connectivity index (χ0) is 14.5. The second kappa shape index (κ2) is 6.44. The number of aromatic nitrogens is 3. The van der Waals surface area contributed by atoms with Crippen LogP contribution in [0.5, 0.6) is 0 Å². The smallest absolute Gasteiger partial charge is 0.251 e. The van der Waals surface area contributed by atoms with Crippen molar-refractivity contribution in [1.29, 1.82) is 0 Å². The third-order valence-electron chi connectivity index (χ3n) is 3.14. The Balaban J connectivity index is 2.30. The summed E-state index contributed by atoms with van der Waals surface area (Å²) in [5.41, 5.74) is 0.408. The van der Waals surface area contributed by atoms with Crippen molar-refractivity contribution < 1.29 is 10.2 Å². The predicted molar refractivity (Wildman–Crippen MR) is 75.6 cm³/mol. The second-order valence-corrected chi connectivity index (χ2v) is 4.57. The van der Waals surface area contributed by atoms with Crippen LogP contribution in [0.15, 0.2) is 23.1 Å². The van der Waals surface area contributed by atoms with Crippen molar-refractivity contribution in [2.45, 2.75) is 18.9 Å². The Bertz CT molecular complexity index is 635. The van der Waals surface area contributed by atoms with Crippen LogP contribution in [0, 0.1) is 0 Å². The first kappa shape index (κ1) is 14.4. The molecule has 0 aliphatic carbocycles. The number of pyridine rings is 1. The van der Waals surface area contributed by atoms with Gasteiger partial charge in [0, 0.05) is 44.0 Å². The fraction of sp³-hybridized carbons (Fsp3) is 0.462. The first-order chi connectivity index (χ1) is 9.65. The van der Waals surface area contributed by atoms with Crippen LogP contribution >= 0.6 is 0 Å². The lowest BCUT2D eigenvalue weighted by atomic mass is 10.1. The van der Waals surface area contributed by atoms with Crippen LogP contribution < -0.4 is 10.9 Å². The van der Waals surface area contributed by atoms with Gasteiger partial charge >= 0.3 is 0 Å². The zero-order valence-electron chi connectivity index (χ0n) is 11.3. The van der Waals surface area contributed by atoms with Gasteiger partial charge in [-0.05, 0) is 18.9 Å². The van der Waals surface area contributed by atoms with Crippen molar-refractivity contribution in [1.82, 2.24) is 14.5 Å². The molecule has 3 N–H and O–H groups in total. The van der Waals surface area contributed by atoms with Crippen molar-refractivity contribution in [3.8, 4) is 0 Å². The van der Waals surface area contributed by atoms with Gasteiger partial charge in [0.25, 0.3) is 5.56 Å². The van der Waals surface area contributed by atoms with E-state index in [0.29, 0.717) is 24.4 Å². The van der Waals surface area contributed by atoms with Crippen molar-refractivity contribution in [3.05, 3.63) is 28.7 Å². The summed E-state index contributed by atoms with van der Waals surface area (Å²) in [4.78, 5) is 20.1. The molecule has 20 heavy (non-hydrogen) atoms. The van der Waals surface area contributed by atoms with Crippen LogP contribution in [-0.4, -0.2) is 44.0 Å². The van der Waals surface area contributed by atoms with Gasteiger partial charge in [-0.1, -0.05) is 0 Å². The molecule has 0 saturated heterocycles. The molecular formula is C13H18N4O3. The fourth-order valence-electron chi connectivity index (χ4n) is 2.00. The maximum Gasteiger partial charge on any atom is 0.251 e. The highest BCUT2D eigenvalue weighted by Crippen LogP contribution is 2.12. The molecule has 0 aliphatic rings. The number of aryl methyl sites for hydroxylation is 1. The number of hydrogen-bond acceptors (Lipinski definition) is 6. The van der Waals surface area contributed by atoms with E-state index in [1.54, 1.807) is 19.3 Å². The average Bonchev–Trinajstić information content (AvgIpc) is 2.44. The van der Waals surface area contributed by atoms with Crippen LogP contribution in [-0.2, 0) is 7.05 Å². The minimum atomic E-state index is -0.135. The molecular weight excluding hydrogens is 260 g/mol. The van der Waals surface area contributed by atoms with Gasteiger partial charge in [-0.3, -0.25) is 9.36 Å². The number of aliphatic hydroxyl groups is 2. The molecule has 0 unspecified atom stereocenters. The van der Waals surface area contributed by atoms with Gasteiger partial charge in [-0.15, -0.1) is 0 Å². The van der Waals surface area contributed by atoms with Gasteiger partial charge < -0.3 is 15.5 Å². The van der Waals surface area contributed by atoms with Gasteiger partial charge in [0.15, 0.2) is 0 Å². The van der Waals surface area contributed by atoms with E-state index in [2.05, 4.69) is 15.3 Å². The molecule has 2 aromatic rings. The van der Waals surface area contributed by atoms with Crippen LogP contribution in [0.4, 0.5) is 5.95 Å². The maximum atomic E-state index is 11.6. The van der Waals surface area contributed by atoms with E-state index in [1.807, 2.05) is 0 Å². The zero-order valence-corrected chi connectivity index (χ0v) is 11.3. The van der Waals surface area contributed by atoms with Crippen LogP contribution in [0.25, 0.3) is 11.0 Å². The van der Waals surface area contributed by atoms with E-state index < -0.39 is 0 Å². The number of hydrogen-bond donors (Lipinski definition) is 3. The van der Waals surface area contributed by atoms with Gasteiger partial charge in [-0.25, -0.2) is 4.98 Å². The van der Waals surface area contributed by atoms with Gasteiger partial charge in [0.2, 0.25) is 5.95 Å². The molecule has 108 valence electrons. The molecule has 7 heteroatoms. The van der Waals surface area contributed by atoms with Crippen LogP contribution in [0.3, 0.4) is 0 Å². The summed E-state index contributed by atoms with van der Waals surface area (Å²) in [7, 11) is 1.65. The topological polar surface area (TPSA) is 100 Å². The summed E-state index contributed by atoms with van der Waals surface area (Å²) in [6.45, 7) is 0.0352. The highest BCUT2D eigenvalue weighted by molar-refractivity contribution is 5.74. The lowest BCUT2D eigenvalue weighted by Gasteiger charge is -2.16. The summed E-state index contributed by atoms with van der Waals surface area (Å²) in [6.07, 6.45) is 2.63. The van der Waals surface area contributed by atoms with Crippen molar-refractivity contribution >= 4 is 17.0 Å². The quantitative estimate of drug-likeness (QED) is 0.681. The number of rotatable bonds is 6. The second-order valence-electron chi connectivity index (χ2n) is 4.57.